The molecule has 1 aliphatic carbocycles. The van der Waals surface area contributed by atoms with Crippen LogP contribution in [0.15, 0.2) is 35.4 Å². The Kier molecular flexibility index (Phi) is 8.87. The van der Waals surface area contributed by atoms with E-state index in [0.717, 1.165) is 60.8 Å². The Morgan fingerprint density at radius 3 is 2.43 bits per heavy atom. The first-order valence-corrected chi connectivity index (χ1v) is 11.2. The van der Waals surface area contributed by atoms with E-state index in [2.05, 4.69) is 24.1 Å². The number of nitrogens with one attached hydrogen (secondary N) is 2. The van der Waals surface area contributed by atoms with E-state index < -0.39 is 5.41 Å². The van der Waals surface area contributed by atoms with Crippen molar-refractivity contribution in [3.8, 4) is 0 Å². The molecule has 1 aromatic rings. The molecule has 0 aliphatic heterocycles. The van der Waals surface area contributed by atoms with Crippen LogP contribution in [0.4, 0.5) is 0 Å². The molecule has 0 heterocycles. The third-order valence-electron chi connectivity index (χ3n) is 6.40. The smallest absolute Gasteiger partial charge is 0.247 e. The Hall–Kier alpha value is -1.91. The topological polar surface area (TPSA) is 58.2 Å². The lowest BCUT2D eigenvalue weighted by molar-refractivity contribution is -0.117. The molecule has 0 saturated heterocycles. The number of rotatable bonds is 10. The molecular formula is C25H35ClN2O2. The zero-order chi connectivity index (χ0) is 22.3. The molecule has 4 nitrogen and oxygen atoms in total. The van der Waals surface area contributed by atoms with Gasteiger partial charge >= 0.3 is 0 Å². The fourth-order valence-corrected chi connectivity index (χ4v) is 5.11. The molecule has 1 unspecified atom stereocenters. The second-order valence-electron chi connectivity index (χ2n) is 8.50. The zero-order valence-corrected chi connectivity index (χ0v) is 19.5. The molecule has 0 bridgehead atoms. The molecule has 1 aliphatic rings. The number of hydrogen-bond donors (Lipinski definition) is 2. The number of benzene rings is 1. The molecule has 1 aromatic carbocycles. The Morgan fingerprint density at radius 2 is 1.87 bits per heavy atom. The van der Waals surface area contributed by atoms with E-state index in [1.807, 2.05) is 27.0 Å². The average Bonchev–Trinajstić information content (AvgIpc) is 2.70. The highest BCUT2D eigenvalue weighted by atomic mass is 35.5. The minimum Gasteiger partial charge on any atom is -0.352 e. The molecule has 0 aromatic heterocycles. The van der Waals surface area contributed by atoms with E-state index in [1.165, 1.54) is 12.0 Å². The van der Waals surface area contributed by atoms with Crippen LogP contribution in [-0.4, -0.2) is 32.3 Å². The van der Waals surface area contributed by atoms with E-state index in [4.69, 9.17) is 11.6 Å². The predicted molar refractivity (Wildman–Crippen MR) is 125 cm³/mol. The van der Waals surface area contributed by atoms with Gasteiger partial charge in [0.25, 0.3) is 0 Å². The summed E-state index contributed by atoms with van der Waals surface area (Å²) in [5, 5.41) is 6.95. The number of amides is 1. The Bertz CT molecular complexity index is 821. The van der Waals surface area contributed by atoms with E-state index in [9.17, 15) is 9.59 Å². The Balaban J connectivity index is 2.33. The van der Waals surface area contributed by atoms with Crippen LogP contribution < -0.4 is 10.6 Å². The van der Waals surface area contributed by atoms with E-state index in [1.54, 1.807) is 6.07 Å². The van der Waals surface area contributed by atoms with Gasteiger partial charge in [0.1, 0.15) is 6.29 Å². The van der Waals surface area contributed by atoms with E-state index >= 15 is 0 Å². The van der Waals surface area contributed by atoms with Gasteiger partial charge in [-0.3, -0.25) is 9.59 Å². The van der Waals surface area contributed by atoms with Gasteiger partial charge < -0.3 is 10.6 Å². The molecule has 0 saturated carbocycles. The van der Waals surface area contributed by atoms with Crippen LogP contribution in [0.5, 0.6) is 0 Å². The number of carbonyl (C=O) groups is 2. The molecule has 1 atom stereocenters. The summed E-state index contributed by atoms with van der Waals surface area (Å²) >= 11 is 6.69. The van der Waals surface area contributed by atoms with E-state index in [0.29, 0.717) is 23.6 Å². The number of aryl methyl sites for hydroxylation is 1. The molecule has 5 heteroatoms. The van der Waals surface area contributed by atoms with Gasteiger partial charge in [-0.1, -0.05) is 29.3 Å². The third kappa shape index (κ3) is 5.41. The van der Waals surface area contributed by atoms with E-state index in [-0.39, 0.29) is 5.91 Å². The molecule has 0 radical (unpaired) electrons. The first-order chi connectivity index (χ1) is 14.3. The van der Waals surface area contributed by atoms with Crippen molar-refractivity contribution in [2.75, 3.05) is 20.1 Å². The summed E-state index contributed by atoms with van der Waals surface area (Å²) < 4.78 is 0. The maximum absolute atomic E-state index is 12.8. The first kappa shape index (κ1) is 24.4. The molecule has 2 rings (SSSR count). The van der Waals surface area contributed by atoms with Gasteiger partial charge in [-0.25, -0.2) is 0 Å². The van der Waals surface area contributed by atoms with Gasteiger partial charge in [0, 0.05) is 28.1 Å². The summed E-state index contributed by atoms with van der Waals surface area (Å²) in [6.45, 7) is 11.7. The maximum atomic E-state index is 12.8. The normalized spacial score (nSPS) is 16.2. The standard InChI is InChI=1S/C25H35ClN2O2/c1-17(2)25(10-12-27-5,23-19(4)14-20(16-29)15-22(23)26)11-13-28-24(30)21-9-7-6-8-18(21)3/h14-16,27H,1,6-13H2,2-5H3,(H,28,30). The van der Waals surface area contributed by atoms with Crippen molar-refractivity contribution in [3.05, 3.63) is 57.1 Å². The quantitative estimate of drug-likeness (QED) is 0.392. The second-order valence-corrected chi connectivity index (χ2v) is 8.91. The van der Waals surface area contributed by atoms with Crippen molar-refractivity contribution in [1.82, 2.24) is 10.6 Å². The minimum absolute atomic E-state index is 0.0514. The number of hydrogen-bond acceptors (Lipinski definition) is 3. The molecule has 0 fully saturated rings. The van der Waals surface area contributed by atoms with Gasteiger partial charge in [0.05, 0.1) is 0 Å². The summed E-state index contributed by atoms with van der Waals surface area (Å²) in [5.41, 5.74) is 5.31. The zero-order valence-electron chi connectivity index (χ0n) is 18.8. The molecule has 164 valence electrons. The Morgan fingerprint density at radius 1 is 1.20 bits per heavy atom. The lowest BCUT2D eigenvalue weighted by Gasteiger charge is -2.38. The fraction of sp³-hybridized carbons (Fsp3) is 0.520. The average molecular weight is 431 g/mol. The van der Waals surface area contributed by atoms with Crippen LogP contribution in [0.2, 0.25) is 5.02 Å². The fourth-order valence-electron chi connectivity index (χ4n) is 4.66. The maximum Gasteiger partial charge on any atom is 0.247 e. The van der Waals surface area contributed by atoms with Gasteiger partial charge in [-0.05, 0) is 96.1 Å². The molecule has 1 amide bonds. The molecule has 0 spiro atoms. The van der Waals surface area contributed by atoms with Crippen molar-refractivity contribution in [2.45, 2.75) is 64.7 Å². The van der Waals surface area contributed by atoms with Gasteiger partial charge in [-0.2, -0.15) is 0 Å². The van der Waals surface area contributed by atoms with Crippen molar-refractivity contribution in [2.24, 2.45) is 0 Å². The van der Waals surface area contributed by atoms with Crippen LogP contribution in [-0.2, 0) is 10.2 Å². The van der Waals surface area contributed by atoms with Gasteiger partial charge in [0.15, 0.2) is 0 Å². The molecule has 2 N–H and O–H groups in total. The summed E-state index contributed by atoms with van der Waals surface area (Å²) in [5.74, 6) is 0.0514. The summed E-state index contributed by atoms with van der Waals surface area (Å²) in [4.78, 5) is 24.0. The van der Waals surface area contributed by atoms with Crippen LogP contribution in [0.1, 0.15) is 73.9 Å². The molecular weight excluding hydrogens is 396 g/mol. The summed E-state index contributed by atoms with van der Waals surface area (Å²) in [6.07, 6.45) is 6.44. The van der Waals surface area contributed by atoms with Gasteiger partial charge in [0.2, 0.25) is 5.91 Å². The van der Waals surface area contributed by atoms with Crippen molar-refractivity contribution in [3.63, 3.8) is 0 Å². The predicted octanol–water partition coefficient (Wildman–Crippen LogP) is 5.28. The van der Waals surface area contributed by atoms with Crippen LogP contribution in [0, 0.1) is 6.92 Å². The van der Waals surface area contributed by atoms with Crippen LogP contribution >= 0.6 is 11.6 Å². The summed E-state index contributed by atoms with van der Waals surface area (Å²) in [7, 11) is 1.92. The second kappa shape index (κ2) is 10.9. The number of allylic oxidation sites excluding steroid dienone is 2. The largest absolute Gasteiger partial charge is 0.352 e. The van der Waals surface area contributed by atoms with Crippen LogP contribution in [0.25, 0.3) is 0 Å². The lowest BCUT2D eigenvalue weighted by atomic mass is 9.68. The highest BCUT2D eigenvalue weighted by Crippen LogP contribution is 2.43. The molecule has 30 heavy (non-hydrogen) atoms. The SMILES string of the molecule is C=C(C)C(CCNC)(CCNC(=O)C1=C(C)CCCC1)c1c(C)cc(C=O)cc1Cl. The first-order valence-electron chi connectivity index (χ1n) is 10.8. The Labute approximate surface area is 186 Å². The lowest BCUT2D eigenvalue weighted by Crippen LogP contribution is -2.37. The van der Waals surface area contributed by atoms with Crippen molar-refractivity contribution < 1.29 is 9.59 Å². The number of halogens is 1. The van der Waals surface area contributed by atoms with Crippen LogP contribution in [0.3, 0.4) is 0 Å². The van der Waals surface area contributed by atoms with Gasteiger partial charge in [-0.15, -0.1) is 0 Å². The minimum atomic E-state index is -0.394. The van der Waals surface area contributed by atoms with Crippen molar-refractivity contribution in [1.29, 1.82) is 0 Å². The monoisotopic (exact) mass is 430 g/mol. The number of aldehydes is 1. The summed E-state index contributed by atoms with van der Waals surface area (Å²) in [6, 6.07) is 3.60. The number of carbonyl (C=O) groups excluding carboxylic acids is 2. The van der Waals surface area contributed by atoms with Crippen molar-refractivity contribution >= 4 is 23.8 Å². The highest BCUT2D eigenvalue weighted by molar-refractivity contribution is 6.32. The highest BCUT2D eigenvalue weighted by Gasteiger charge is 2.36. The third-order valence-corrected chi connectivity index (χ3v) is 6.70.